The van der Waals surface area contributed by atoms with E-state index in [0.29, 0.717) is 10.6 Å². The van der Waals surface area contributed by atoms with Gasteiger partial charge in [0.25, 0.3) is 0 Å². The lowest BCUT2D eigenvalue weighted by Gasteiger charge is -2.15. The Kier molecular flexibility index (Phi) is 5.04. The molecule has 1 aromatic rings. The second kappa shape index (κ2) is 5.89. The lowest BCUT2D eigenvalue weighted by atomic mass is 10.2. The summed E-state index contributed by atoms with van der Waals surface area (Å²) in [6, 6.07) is 4.88. The highest BCUT2D eigenvalue weighted by Crippen LogP contribution is 2.47. The van der Waals surface area contributed by atoms with Gasteiger partial charge in [-0.2, -0.15) is 0 Å². The van der Waals surface area contributed by atoms with Crippen LogP contribution < -0.4 is 4.52 Å². The molecule has 0 aliphatic carbocycles. The van der Waals surface area contributed by atoms with Crippen molar-refractivity contribution in [3.05, 3.63) is 23.8 Å². The molecule has 0 saturated heterocycles. The fraction of sp³-hybridized carbons (Fsp3) is 0.400. The summed E-state index contributed by atoms with van der Waals surface area (Å²) in [5.41, 5.74) is 0.794. The van der Waals surface area contributed by atoms with E-state index in [-0.39, 0.29) is 0 Å². The highest BCUT2D eigenvalue weighted by atomic mass is 32.2. The third-order valence-electron chi connectivity index (χ3n) is 2.12. The maximum atomic E-state index is 11.7. The van der Waals surface area contributed by atoms with E-state index < -0.39 is 19.0 Å². The molecule has 0 radical (unpaired) electrons. The summed E-state index contributed by atoms with van der Waals surface area (Å²) >= 11 is -1.06. The third-order valence-corrected chi connectivity index (χ3v) is 4.53. The van der Waals surface area contributed by atoms with Crippen molar-refractivity contribution in [1.29, 1.82) is 0 Å². The molecule has 0 heterocycles. The predicted octanol–water partition coefficient (Wildman–Crippen LogP) is 2.51. The van der Waals surface area contributed by atoms with Gasteiger partial charge in [0.05, 0.1) is 0 Å². The molecule has 0 aromatic heterocycles. The van der Waals surface area contributed by atoms with Gasteiger partial charge in [0.15, 0.2) is 4.90 Å². The lowest BCUT2D eigenvalue weighted by Crippen LogP contribution is -2.01. The Bertz CT molecular complexity index is 427. The van der Waals surface area contributed by atoms with Crippen LogP contribution in [0, 0.1) is 6.92 Å². The Labute approximate surface area is 104 Å². The molecule has 0 amide bonds. The van der Waals surface area contributed by atoms with E-state index in [1.807, 2.05) is 0 Å². The fourth-order valence-corrected chi connectivity index (χ4v) is 2.72. The maximum Gasteiger partial charge on any atom is 0.529 e. The third kappa shape index (κ3) is 3.72. The van der Waals surface area contributed by atoms with Gasteiger partial charge in [-0.05, 0) is 36.3 Å². The Hall–Kier alpha value is -0.520. The molecule has 1 unspecified atom stereocenters. The van der Waals surface area contributed by atoms with Crippen LogP contribution in [0.2, 0.25) is 0 Å². The summed E-state index contributed by atoms with van der Waals surface area (Å²) in [4.78, 5) is 0.710. The zero-order valence-corrected chi connectivity index (χ0v) is 11.8. The van der Waals surface area contributed by atoms with Crippen molar-refractivity contribution in [2.24, 2.45) is 0 Å². The van der Waals surface area contributed by atoms with Crippen LogP contribution in [-0.2, 0) is 24.8 Å². The smallest absolute Gasteiger partial charge is 0.529 e. The molecule has 0 aliphatic rings. The summed E-state index contributed by atoms with van der Waals surface area (Å²) < 4.78 is 37.5. The molecule has 96 valence electrons. The van der Waals surface area contributed by atoms with E-state index in [4.69, 9.17) is 4.52 Å². The normalized spacial score (nSPS) is 13.5. The van der Waals surface area contributed by atoms with Crippen LogP contribution in [0.15, 0.2) is 23.1 Å². The topological polar surface area (TPSA) is 67.8 Å². The van der Waals surface area contributed by atoms with Crippen molar-refractivity contribution in [1.82, 2.24) is 0 Å². The average Bonchev–Trinajstić information content (AvgIpc) is 2.28. The monoisotopic (exact) mass is 278 g/mol. The Morgan fingerprint density at radius 1 is 1.29 bits per heavy atom. The van der Waals surface area contributed by atoms with Gasteiger partial charge < -0.3 is 9.08 Å². The minimum Gasteiger partial charge on any atom is -0.612 e. The van der Waals surface area contributed by atoms with Crippen LogP contribution in [0.1, 0.15) is 5.56 Å². The maximum absolute atomic E-state index is 11.7. The highest BCUT2D eigenvalue weighted by molar-refractivity contribution is 7.90. The van der Waals surface area contributed by atoms with Crippen LogP contribution in [0.4, 0.5) is 0 Å². The number of phosphoric acid groups is 1. The van der Waals surface area contributed by atoms with Crippen LogP contribution in [0.3, 0.4) is 0 Å². The fourth-order valence-electron chi connectivity index (χ4n) is 1.28. The molecule has 0 N–H and O–H groups in total. The second-order valence-corrected chi connectivity index (χ2v) is 6.44. The predicted molar refractivity (Wildman–Crippen MR) is 65.8 cm³/mol. The first-order valence-electron chi connectivity index (χ1n) is 4.77. The Morgan fingerprint density at radius 2 is 1.88 bits per heavy atom. The summed E-state index contributed by atoms with van der Waals surface area (Å²) in [6.07, 6.45) is 1.60. The molecule has 0 aliphatic heterocycles. The number of phosphoric ester groups is 1. The first-order valence-corrected chi connectivity index (χ1v) is 7.79. The number of benzene rings is 1. The molecule has 1 atom stereocenters. The van der Waals surface area contributed by atoms with Crippen molar-refractivity contribution >= 4 is 19.0 Å². The molecule has 7 heteroatoms. The molecule has 17 heavy (non-hydrogen) atoms. The van der Waals surface area contributed by atoms with Gasteiger partial charge in [0.1, 0.15) is 12.0 Å². The quantitative estimate of drug-likeness (QED) is 0.611. The molecule has 1 aromatic carbocycles. The van der Waals surface area contributed by atoms with Gasteiger partial charge in [-0.1, -0.05) is 0 Å². The van der Waals surface area contributed by atoms with Gasteiger partial charge >= 0.3 is 7.82 Å². The number of aryl methyl sites for hydroxylation is 1. The average molecular weight is 278 g/mol. The molecule has 1 rings (SSSR count). The summed E-state index contributed by atoms with van der Waals surface area (Å²) in [6.45, 7) is 1.80. The zero-order chi connectivity index (χ0) is 13.1. The lowest BCUT2D eigenvalue weighted by molar-refractivity contribution is 0.211. The van der Waals surface area contributed by atoms with Crippen LogP contribution in [-0.4, -0.2) is 25.0 Å². The molecule has 0 fully saturated rings. The largest absolute Gasteiger partial charge is 0.612 e. The van der Waals surface area contributed by atoms with Crippen molar-refractivity contribution in [2.45, 2.75) is 11.8 Å². The van der Waals surface area contributed by atoms with Gasteiger partial charge in [-0.25, -0.2) is 4.57 Å². The van der Waals surface area contributed by atoms with Crippen LogP contribution in [0.5, 0.6) is 5.75 Å². The number of rotatable bonds is 5. The van der Waals surface area contributed by atoms with Crippen LogP contribution in [0.25, 0.3) is 0 Å². The zero-order valence-electron chi connectivity index (χ0n) is 10.1. The first-order chi connectivity index (χ1) is 7.91. The Morgan fingerprint density at radius 3 is 2.29 bits per heavy atom. The van der Waals surface area contributed by atoms with E-state index in [0.717, 1.165) is 5.56 Å². The summed E-state index contributed by atoms with van der Waals surface area (Å²) in [5.74, 6) is 0.351. The van der Waals surface area contributed by atoms with E-state index in [1.54, 1.807) is 31.4 Å². The molecular weight excluding hydrogens is 263 g/mol. The number of hydrogen-bond acceptors (Lipinski definition) is 5. The minimum absolute atomic E-state index is 0.351. The molecule has 0 saturated carbocycles. The van der Waals surface area contributed by atoms with Crippen molar-refractivity contribution < 1.29 is 22.7 Å². The Balaban J connectivity index is 2.95. The first kappa shape index (κ1) is 14.5. The SMILES string of the molecule is COP(=O)(OC)Oc1ccc([S+](C)[O-])c(C)c1. The van der Waals surface area contributed by atoms with E-state index >= 15 is 0 Å². The standard InChI is InChI=1S/C10H15O5PS/c1-8-7-9(5-6-10(8)17(4)12)15-16(11,13-2)14-3/h5-7H,1-4H3. The molecule has 0 spiro atoms. The van der Waals surface area contributed by atoms with Gasteiger partial charge in [-0.3, -0.25) is 9.05 Å². The molecular formula is C10H15O5PS. The molecule has 0 bridgehead atoms. The van der Waals surface area contributed by atoms with E-state index in [2.05, 4.69) is 9.05 Å². The van der Waals surface area contributed by atoms with Gasteiger partial charge in [0, 0.05) is 19.8 Å². The van der Waals surface area contributed by atoms with Crippen LogP contribution >= 0.6 is 7.82 Å². The van der Waals surface area contributed by atoms with Crippen molar-refractivity contribution in [2.75, 3.05) is 20.5 Å². The van der Waals surface area contributed by atoms with E-state index in [1.165, 1.54) is 14.2 Å². The van der Waals surface area contributed by atoms with Gasteiger partial charge in [-0.15, -0.1) is 0 Å². The van der Waals surface area contributed by atoms with Crippen molar-refractivity contribution in [3.8, 4) is 5.75 Å². The van der Waals surface area contributed by atoms with E-state index in [9.17, 15) is 9.12 Å². The van der Waals surface area contributed by atoms with Gasteiger partial charge in [0.2, 0.25) is 0 Å². The molecule has 5 nitrogen and oxygen atoms in total. The minimum atomic E-state index is -3.54. The highest BCUT2D eigenvalue weighted by Gasteiger charge is 2.25. The van der Waals surface area contributed by atoms with Crippen molar-refractivity contribution in [3.63, 3.8) is 0 Å². The summed E-state index contributed by atoms with van der Waals surface area (Å²) in [5, 5.41) is 0. The number of hydrogen-bond donors (Lipinski definition) is 0. The summed E-state index contributed by atoms with van der Waals surface area (Å²) in [7, 11) is -1.05. The second-order valence-electron chi connectivity index (χ2n) is 3.29.